The standard InChI is InChI=1S/C9H13ClN2O2S/c1-3-7-12(2)15(13,14)8-5-4-6-11-9(8)10/h4-6H,3,7H2,1-2H3. The van der Waals surface area contributed by atoms with Gasteiger partial charge in [0.25, 0.3) is 0 Å². The fourth-order valence-electron chi connectivity index (χ4n) is 1.17. The number of nitrogens with zero attached hydrogens (tertiary/aromatic N) is 2. The van der Waals surface area contributed by atoms with Crippen molar-refractivity contribution in [3.05, 3.63) is 23.5 Å². The minimum Gasteiger partial charge on any atom is -0.243 e. The van der Waals surface area contributed by atoms with Gasteiger partial charge < -0.3 is 0 Å². The first-order chi connectivity index (χ1) is 7.00. The molecular weight excluding hydrogens is 236 g/mol. The quantitative estimate of drug-likeness (QED) is 0.763. The molecule has 1 aromatic heterocycles. The third kappa shape index (κ3) is 2.68. The summed E-state index contributed by atoms with van der Waals surface area (Å²) in [6.45, 7) is 2.38. The zero-order valence-corrected chi connectivity index (χ0v) is 10.2. The molecule has 1 rings (SSSR count). The SMILES string of the molecule is CCCN(C)S(=O)(=O)c1cccnc1Cl. The highest BCUT2D eigenvalue weighted by molar-refractivity contribution is 7.89. The van der Waals surface area contributed by atoms with Gasteiger partial charge in [0.1, 0.15) is 10.0 Å². The van der Waals surface area contributed by atoms with E-state index in [1.165, 1.54) is 23.6 Å². The average Bonchev–Trinajstić information content (AvgIpc) is 2.18. The van der Waals surface area contributed by atoms with Gasteiger partial charge in [-0.15, -0.1) is 0 Å². The van der Waals surface area contributed by atoms with Crippen LogP contribution in [0.5, 0.6) is 0 Å². The second kappa shape index (κ2) is 4.92. The Balaban J connectivity index is 3.12. The maximum atomic E-state index is 11.9. The van der Waals surface area contributed by atoms with Crippen LogP contribution in [0.25, 0.3) is 0 Å². The van der Waals surface area contributed by atoms with Crippen molar-refractivity contribution >= 4 is 21.6 Å². The topological polar surface area (TPSA) is 50.3 Å². The minimum atomic E-state index is -3.49. The Morgan fingerprint density at radius 3 is 2.73 bits per heavy atom. The summed E-state index contributed by atoms with van der Waals surface area (Å²) in [4.78, 5) is 3.81. The van der Waals surface area contributed by atoms with E-state index in [0.29, 0.717) is 6.54 Å². The second-order valence-electron chi connectivity index (χ2n) is 3.12. The smallest absolute Gasteiger partial charge is 0.243 e. The zero-order valence-electron chi connectivity index (χ0n) is 8.64. The van der Waals surface area contributed by atoms with Crippen molar-refractivity contribution in [3.8, 4) is 0 Å². The van der Waals surface area contributed by atoms with Crippen LogP contribution >= 0.6 is 11.6 Å². The fraction of sp³-hybridized carbons (Fsp3) is 0.444. The summed E-state index contributed by atoms with van der Waals surface area (Å²) in [6.07, 6.45) is 2.22. The Morgan fingerprint density at radius 1 is 1.53 bits per heavy atom. The van der Waals surface area contributed by atoms with Crippen molar-refractivity contribution in [2.75, 3.05) is 13.6 Å². The lowest BCUT2D eigenvalue weighted by Gasteiger charge is -2.16. The molecule has 0 amide bonds. The van der Waals surface area contributed by atoms with Crippen LogP contribution in [-0.4, -0.2) is 31.3 Å². The molecule has 0 saturated carbocycles. The van der Waals surface area contributed by atoms with E-state index in [0.717, 1.165) is 6.42 Å². The summed E-state index contributed by atoms with van der Waals surface area (Å²) in [6, 6.07) is 3.01. The molecule has 0 unspecified atom stereocenters. The Hall–Kier alpha value is -0.650. The van der Waals surface area contributed by atoms with Gasteiger partial charge in [-0.2, -0.15) is 0 Å². The third-order valence-electron chi connectivity index (χ3n) is 1.95. The molecule has 1 heterocycles. The largest absolute Gasteiger partial charge is 0.245 e. The Morgan fingerprint density at radius 2 is 2.20 bits per heavy atom. The zero-order chi connectivity index (χ0) is 11.5. The molecule has 1 aromatic rings. The molecule has 6 heteroatoms. The number of sulfonamides is 1. The lowest BCUT2D eigenvalue weighted by atomic mass is 10.5. The second-order valence-corrected chi connectivity index (χ2v) is 5.49. The summed E-state index contributed by atoms with van der Waals surface area (Å²) in [7, 11) is -1.96. The van der Waals surface area contributed by atoms with Crippen LogP contribution in [0.4, 0.5) is 0 Å². The molecule has 0 bridgehead atoms. The predicted molar refractivity (Wildman–Crippen MR) is 59.4 cm³/mol. The maximum absolute atomic E-state index is 11.9. The predicted octanol–water partition coefficient (Wildman–Crippen LogP) is 1.77. The molecular formula is C9H13ClN2O2S. The van der Waals surface area contributed by atoms with Crippen molar-refractivity contribution in [1.82, 2.24) is 9.29 Å². The van der Waals surface area contributed by atoms with Crippen molar-refractivity contribution in [1.29, 1.82) is 0 Å². The fourth-order valence-corrected chi connectivity index (χ4v) is 2.85. The lowest BCUT2D eigenvalue weighted by molar-refractivity contribution is 0.468. The molecule has 0 atom stereocenters. The van der Waals surface area contributed by atoms with Gasteiger partial charge in [0.2, 0.25) is 10.0 Å². The first-order valence-corrected chi connectivity index (χ1v) is 6.38. The van der Waals surface area contributed by atoms with Gasteiger partial charge in [-0.25, -0.2) is 17.7 Å². The number of hydrogen-bond acceptors (Lipinski definition) is 3. The summed E-state index contributed by atoms with van der Waals surface area (Å²) >= 11 is 5.74. The first kappa shape index (κ1) is 12.4. The van der Waals surface area contributed by atoms with E-state index in [2.05, 4.69) is 4.98 Å². The minimum absolute atomic E-state index is 0.0143. The summed E-state index contributed by atoms with van der Waals surface area (Å²) in [5.74, 6) is 0. The number of aromatic nitrogens is 1. The van der Waals surface area contributed by atoms with E-state index in [9.17, 15) is 8.42 Å². The maximum Gasteiger partial charge on any atom is 0.245 e. The van der Waals surface area contributed by atoms with Gasteiger partial charge in [-0.05, 0) is 18.6 Å². The van der Waals surface area contributed by atoms with Crippen LogP contribution in [0.3, 0.4) is 0 Å². The normalized spacial score (nSPS) is 12.0. The summed E-state index contributed by atoms with van der Waals surface area (Å²) < 4.78 is 25.2. The van der Waals surface area contributed by atoms with E-state index in [1.54, 1.807) is 6.07 Å². The van der Waals surface area contributed by atoms with E-state index >= 15 is 0 Å². The molecule has 0 fully saturated rings. The summed E-state index contributed by atoms with van der Waals surface area (Å²) in [5.41, 5.74) is 0. The Labute approximate surface area is 94.9 Å². The molecule has 0 aromatic carbocycles. The number of pyridine rings is 1. The highest BCUT2D eigenvalue weighted by Crippen LogP contribution is 2.21. The molecule has 15 heavy (non-hydrogen) atoms. The van der Waals surface area contributed by atoms with Gasteiger partial charge in [0.05, 0.1) is 0 Å². The first-order valence-electron chi connectivity index (χ1n) is 4.57. The third-order valence-corrected chi connectivity index (χ3v) is 4.25. The van der Waals surface area contributed by atoms with Crippen LogP contribution in [0, 0.1) is 0 Å². The van der Waals surface area contributed by atoms with Crippen LogP contribution in [0.1, 0.15) is 13.3 Å². The van der Waals surface area contributed by atoms with Gasteiger partial charge in [-0.1, -0.05) is 18.5 Å². The number of halogens is 1. The average molecular weight is 249 g/mol. The molecule has 0 spiro atoms. The van der Waals surface area contributed by atoms with Crippen LogP contribution in [0.2, 0.25) is 5.15 Å². The van der Waals surface area contributed by atoms with Crippen molar-refractivity contribution in [2.45, 2.75) is 18.2 Å². The number of hydrogen-bond donors (Lipinski definition) is 0. The van der Waals surface area contributed by atoms with Gasteiger partial charge in [0, 0.05) is 19.8 Å². The highest BCUT2D eigenvalue weighted by Gasteiger charge is 2.22. The molecule has 84 valence electrons. The van der Waals surface area contributed by atoms with Crippen molar-refractivity contribution in [2.24, 2.45) is 0 Å². The lowest BCUT2D eigenvalue weighted by Crippen LogP contribution is -2.28. The molecule has 0 saturated heterocycles. The van der Waals surface area contributed by atoms with Gasteiger partial charge in [0.15, 0.2) is 0 Å². The van der Waals surface area contributed by atoms with Gasteiger partial charge >= 0.3 is 0 Å². The summed E-state index contributed by atoms with van der Waals surface area (Å²) in [5, 5.41) is 0.0143. The van der Waals surface area contributed by atoms with Crippen LogP contribution in [0.15, 0.2) is 23.2 Å². The van der Waals surface area contributed by atoms with Gasteiger partial charge in [-0.3, -0.25) is 0 Å². The molecule has 0 aliphatic heterocycles. The number of rotatable bonds is 4. The molecule has 0 radical (unpaired) electrons. The molecule has 0 N–H and O–H groups in total. The molecule has 4 nitrogen and oxygen atoms in total. The van der Waals surface area contributed by atoms with E-state index in [4.69, 9.17) is 11.6 Å². The Kier molecular flexibility index (Phi) is 4.07. The van der Waals surface area contributed by atoms with E-state index in [-0.39, 0.29) is 10.0 Å². The Bertz CT molecular complexity index is 433. The highest BCUT2D eigenvalue weighted by atomic mass is 35.5. The van der Waals surface area contributed by atoms with Crippen molar-refractivity contribution in [3.63, 3.8) is 0 Å². The van der Waals surface area contributed by atoms with E-state index in [1.807, 2.05) is 6.92 Å². The van der Waals surface area contributed by atoms with Crippen LogP contribution in [-0.2, 0) is 10.0 Å². The van der Waals surface area contributed by atoms with Crippen LogP contribution < -0.4 is 0 Å². The molecule has 0 aliphatic carbocycles. The molecule has 0 aliphatic rings. The monoisotopic (exact) mass is 248 g/mol. The van der Waals surface area contributed by atoms with E-state index < -0.39 is 10.0 Å². The van der Waals surface area contributed by atoms with Crippen molar-refractivity contribution < 1.29 is 8.42 Å².